The third-order valence-corrected chi connectivity index (χ3v) is 6.89. The standard InChI is InChI=1S/C25H19F3N2O2S/c26-19-5-2-14(8-21(19)28)7-15-3-6-23-22(10-15)29-24(33-23)18-4-1-16(9-20(18)27)11-30-12-17(13-30)25(31)32/h1-6,8-10,17H,7,11-13H2,(H,31,32). The van der Waals surface area contributed by atoms with Crippen LogP contribution in [-0.4, -0.2) is 34.0 Å². The number of likely N-dealkylation sites (tertiary alicyclic amines) is 1. The number of thiazole rings is 1. The highest BCUT2D eigenvalue weighted by Crippen LogP contribution is 2.33. The molecule has 0 saturated carbocycles. The average molecular weight is 469 g/mol. The van der Waals surface area contributed by atoms with Crippen LogP contribution in [0.1, 0.15) is 16.7 Å². The molecule has 1 N–H and O–H groups in total. The first kappa shape index (κ1) is 21.6. The van der Waals surface area contributed by atoms with E-state index in [1.807, 2.05) is 29.2 Å². The molecule has 4 nitrogen and oxygen atoms in total. The van der Waals surface area contributed by atoms with Crippen LogP contribution >= 0.6 is 11.3 Å². The van der Waals surface area contributed by atoms with Crippen LogP contribution in [0.4, 0.5) is 13.2 Å². The predicted molar refractivity (Wildman–Crippen MR) is 121 cm³/mol. The molecular formula is C25H19F3N2O2S. The van der Waals surface area contributed by atoms with E-state index in [4.69, 9.17) is 5.11 Å². The summed E-state index contributed by atoms with van der Waals surface area (Å²) in [5, 5.41) is 9.54. The van der Waals surface area contributed by atoms with Crippen molar-refractivity contribution in [1.82, 2.24) is 9.88 Å². The van der Waals surface area contributed by atoms with Crippen molar-refractivity contribution in [2.45, 2.75) is 13.0 Å². The van der Waals surface area contributed by atoms with E-state index in [0.717, 1.165) is 27.4 Å². The fraction of sp³-hybridized carbons (Fsp3) is 0.200. The number of halogens is 3. The number of carboxylic acids is 1. The lowest BCUT2D eigenvalue weighted by Crippen LogP contribution is -2.49. The molecule has 0 atom stereocenters. The summed E-state index contributed by atoms with van der Waals surface area (Å²) in [4.78, 5) is 17.5. The second-order valence-electron chi connectivity index (χ2n) is 8.29. The number of benzene rings is 3. The molecule has 1 fully saturated rings. The number of hydrogen-bond donors (Lipinski definition) is 1. The summed E-state index contributed by atoms with van der Waals surface area (Å²) in [7, 11) is 0. The van der Waals surface area contributed by atoms with E-state index in [1.54, 1.807) is 12.1 Å². The molecule has 3 aromatic carbocycles. The van der Waals surface area contributed by atoms with Crippen molar-refractivity contribution in [3.8, 4) is 10.6 Å². The molecule has 2 heterocycles. The summed E-state index contributed by atoms with van der Waals surface area (Å²) < 4.78 is 42.4. The first-order chi connectivity index (χ1) is 15.9. The van der Waals surface area contributed by atoms with Gasteiger partial charge in [-0.2, -0.15) is 0 Å². The van der Waals surface area contributed by atoms with Gasteiger partial charge in [0.2, 0.25) is 0 Å². The van der Waals surface area contributed by atoms with Crippen LogP contribution in [0.5, 0.6) is 0 Å². The minimum atomic E-state index is -0.876. The molecule has 0 bridgehead atoms. The Bertz CT molecular complexity index is 1370. The van der Waals surface area contributed by atoms with Crippen molar-refractivity contribution in [3.63, 3.8) is 0 Å². The van der Waals surface area contributed by atoms with Gasteiger partial charge < -0.3 is 5.11 Å². The van der Waals surface area contributed by atoms with E-state index in [2.05, 4.69) is 4.98 Å². The lowest BCUT2D eigenvalue weighted by atomic mass is 9.99. The number of carboxylic acid groups (broad SMARTS) is 1. The Morgan fingerprint density at radius 2 is 1.64 bits per heavy atom. The SMILES string of the molecule is O=C(O)C1CN(Cc2ccc(-c3nc4cc(Cc5ccc(F)c(F)c5)ccc4s3)c(F)c2)C1. The van der Waals surface area contributed by atoms with Gasteiger partial charge in [0.05, 0.1) is 16.1 Å². The summed E-state index contributed by atoms with van der Waals surface area (Å²) in [6, 6.07) is 14.6. The van der Waals surface area contributed by atoms with E-state index in [0.29, 0.717) is 42.2 Å². The monoisotopic (exact) mass is 468 g/mol. The van der Waals surface area contributed by atoms with E-state index >= 15 is 0 Å². The highest BCUT2D eigenvalue weighted by molar-refractivity contribution is 7.21. The normalized spacial score (nSPS) is 14.5. The van der Waals surface area contributed by atoms with Gasteiger partial charge in [-0.25, -0.2) is 18.2 Å². The van der Waals surface area contributed by atoms with Gasteiger partial charge in [0.15, 0.2) is 11.6 Å². The predicted octanol–water partition coefficient (Wildman–Crippen LogP) is 5.49. The van der Waals surface area contributed by atoms with Crippen LogP contribution in [0.2, 0.25) is 0 Å². The van der Waals surface area contributed by atoms with E-state index < -0.39 is 17.6 Å². The molecule has 0 spiro atoms. The van der Waals surface area contributed by atoms with Gasteiger partial charge in [0.25, 0.3) is 0 Å². The molecule has 1 aromatic heterocycles. The quantitative estimate of drug-likeness (QED) is 0.407. The molecule has 1 aliphatic rings. The Morgan fingerprint density at radius 3 is 2.36 bits per heavy atom. The van der Waals surface area contributed by atoms with E-state index in [-0.39, 0.29) is 11.7 Å². The van der Waals surface area contributed by atoms with Crippen molar-refractivity contribution >= 4 is 27.5 Å². The first-order valence-corrected chi connectivity index (χ1v) is 11.2. The molecule has 5 rings (SSSR count). The maximum Gasteiger partial charge on any atom is 0.309 e. The molecule has 0 radical (unpaired) electrons. The second kappa shape index (κ2) is 8.61. The number of aliphatic carboxylic acids is 1. The van der Waals surface area contributed by atoms with Gasteiger partial charge >= 0.3 is 5.97 Å². The topological polar surface area (TPSA) is 53.4 Å². The van der Waals surface area contributed by atoms with Crippen LogP contribution in [-0.2, 0) is 17.8 Å². The summed E-state index contributed by atoms with van der Waals surface area (Å²) in [5.41, 5.74) is 3.47. The van der Waals surface area contributed by atoms with Crippen molar-refractivity contribution in [2.24, 2.45) is 5.92 Å². The first-order valence-electron chi connectivity index (χ1n) is 10.4. The molecular weight excluding hydrogens is 449 g/mol. The molecule has 0 aliphatic carbocycles. The van der Waals surface area contributed by atoms with Crippen molar-refractivity contribution in [2.75, 3.05) is 13.1 Å². The lowest BCUT2D eigenvalue weighted by Gasteiger charge is -2.36. The highest BCUT2D eigenvalue weighted by atomic mass is 32.1. The molecule has 1 aliphatic heterocycles. The molecule has 8 heteroatoms. The lowest BCUT2D eigenvalue weighted by molar-refractivity contribution is -0.147. The molecule has 0 amide bonds. The van der Waals surface area contributed by atoms with E-state index in [1.165, 1.54) is 23.5 Å². The Labute approximate surface area is 191 Å². The molecule has 168 valence electrons. The van der Waals surface area contributed by atoms with Crippen LogP contribution in [0.25, 0.3) is 20.8 Å². The number of rotatable bonds is 6. The minimum absolute atomic E-state index is 0.344. The van der Waals surface area contributed by atoms with Crippen molar-refractivity contribution < 1.29 is 23.1 Å². The van der Waals surface area contributed by atoms with Crippen LogP contribution in [0.15, 0.2) is 54.6 Å². The van der Waals surface area contributed by atoms with Gasteiger partial charge in [0.1, 0.15) is 10.8 Å². The van der Waals surface area contributed by atoms with Gasteiger partial charge in [-0.15, -0.1) is 11.3 Å². The Kier molecular flexibility index (Phi) is 5.64. The third kappa shape index (κ3) is 4.49. The maximum atomic E-state index is 14.9. The minimum Gasteiger partial charge on any atom is -0.481 e. The number of aromatic nitrogens is 1. The van der Waals surface area contributed by atoms with Gasteiger partial charge in [-0.3, -0.25) is 9.69 Å². The highest BCUT2D eigenvalue weighted by Gasteiger charge is 2.32. The molecule has 4 aromatic rings. The average Bonchev–Trinajstić information content (AvgIpc) is 3.16. The maximum absolute atomic E-state index is 14.9. The number of hydrogen-bond acceptors (Lipinski definition) is 4. The smallest absolute Gasteiger partial charge is 0.309 e. The van der Waals surface area contributed by atoms with Crippen LogP contribution in [0, 0.1) is 23.4 Å². The summed E-state index contributed by atoms with van der Waals surface area (Å²) in [5.74, 6) is -3.26. The van der Waals surface area contributed by atoms with Gasteiger partial charge in [0, 0.05) is 25.2 Å². The molecule has 33 heavy (non-hydrogen) atoms. The Balaban J connectivity index is 1.33. The number of nitrogens with zero attached hydrogens (tertiary/aromatic N) is 2. The van der Waals surface area contributed by atoms with Gasteiger partial charge in [-0.05, 0) is 59.5 Å². The summed E-state index contributed by atoms with van der Waals surface area (Å²) >= 11 is 1.39. The van der Waals surface area contributed by atoms with Crippen LogP contribution < -0.4 is 0 Å². The van der Waals surface area contributed by atoms with E-state index in [9.17, 15) is 18.0 Å². The number of fused-ring (bicyclic) bond motifs is 1. The van der Waals surface area contributed by atoms with Crippen molar-refractivity contribution in [1.29, 1.82) is 0 Å². The summed E-state index contributed by atoms with van der Waals surface area (Å²) in [6.45, 7) is 1.46. The van der Waals surface area contributed by atoms with Crippen molar-refractivity contribution in [3.05, 3.63) is 88.7 Å². The summed E-state index contributed by atoms with van der Waals surface area (Å²) in [6.07, 6.45) is 0.433. The molecule has 0 unspecified atom stereocenters. The fourth-order valence-electron chi connectivity index (χ4n) is 4.03. The fourth-order valence-corrected chi connectivity index (χ4v) is 5.00. The zero-order chi connectivity index (χ0) is 23.1. The number of carbonyl (C=O) groups is 1. The Morgan fingerprint density at radius 1 is 0.939 bits per heavy atom. The van der Waals surface area contributed by atoms with Crippen LogP contribution in [0.3, 0.4) is 0 Å². The zero-order valence-corrected chi connectivity index (χ0v) is 18.2. The second-order valence-corrected chi connectivity index (χ2v) is 9.32. The van der Waals surface area contributed by atoms with Gasteiger partial charge in [-0.1, -0.05) is 18.2 Å². The molecule has 1 saturated heterocycles. The Hall–Kier alpha value is -3.23. The largest absolute Gasteiger partial charge is 0.481 e. The third-order valence-electron chi connectivity index (χ3n) is 5.82. The zero-order valence-electron chi connectivity index (χ0n) is 17.4.